The summed E-state index contributed by atoms with van der Waals surface area (Å²) in [5.74, 6) is -1.05. The quantitative estimate of drug-likeness (QED) is 0.0949. The van der Waals surface area contributed by atoms with Gasteiger partial charge in [0.15, 0.2) is 5.13 Å². The maximum absolute atomic E-state index is 13.6. The highest BCUT2D eigenvalue weighted by molar-refractivity contribution is 8.00. The van der Waals surface area contributed by atoms with Crippen LogP contribution in [0.1, 0.15) is 26.7 Å². The van der Waals surface area contributed by atoms with Gasteiger partial charge in [-0.25, -0.2) is 4.98 Å². The third-order valence-corrected chi connectivity index (χ3v) is 9.18. The number of aromatic nitrogens is 1. The van der Waals surface area contributed by atoms with Gasteiger partial charge in [-0.05, 0) is 64.7 Å². The molecule has 1 aromatic heterocycles. The summed E-state index contributed by atoms with van der Waals surface area (Å²) in [6.07, 6.45) is 3.30. The lowest BCUT2D eigenvalue weighted by atomic mass is 10.0. The van der Waals surface area contributed by atoms with E-state index in [9.17, 15) is 14.4 Å². The van der Waals surface area contributed by atoms with Gasteiger partial charge in [0, 0.05) is 27.7 Å². The summed E-state index contributed by atoms with van der Waals surface area (Å²) < 4.78 is 0. The normalized spacial score (nSPS) is 11.7. The van der Waals surface area contributed by atoms with Gasteiger partial charge in [-0.2, -0.15) is 0 Å². The van der Waals surface area contributed by atoms with E-state index in [0.717, 1.165) is 27.1 Å². The topological polar surface area (TPSA) is 100 Å². The van der Waals surface area contributed by atoms with Crippen LogP contribution in [0.2, 0.25) is 0 Å². The van der Waals surface area contributed by atoms with Crippen molar-refractivity contribution in [2.45, 2.75) is 10.1 Å². The van der Waals surface area contributed by atoms with E-state index in [2.05, 4.69) is 20.9 Å². The summed E-state index contributed by atoms with van der Waals surface area (Å²) in [5, 5.41) is 10.4. The Balaban J connectivity index is 1.19. The zero-order chi connectivity index (χ0) is 33.1. The summed E-state index contributed by atoms with van der Waals surface area (Å²) in [6, 6.07) is 43.3. The number of thioether (sulfide) groups is 1. The van der Waals surface area contributed by atoms with Crippen LogP contribution in [0.4, 0.5) is 10.8 Å². The molecule has 0 aliphatic carbocycles. The molecule has 3 amide bonds. The molecule has 1 unspecified atom stereocenters. The molecule has 1 heterocycles. The molecule has 3 N–H and O–H groups in total. The second-order valence-corrected chi connectivity index (χ2v) is 12.7. The van der Waals surface area contributed by atoms with Gasteiger partial charge in [-0.1, -0.05) is 103 Å². The largest absolute Gasteiger partial charge is 0.321 e. The van der Waals surface area contributed by atoms with Gasteiger partial charge in [0.05, 0.1) is 0 Å². The Morgan fingerprint density at radius 1 is 0.688 bits per heavy atom. The van der Waals surface area contributed by atoms with E-state index < -0.39 is 17.1 Å². The number of amides is 3. The molecule has 9 heteroatoms. The molecule has 0 spiro atoms. The SMILES string of the molecule is O=C(Nc1ccc(SC(C(=O)Nc2nccs2)c2ccccc2)cc1)/C(=C/c1ccc(-c2ccccc2)cc1)NC(=O)c1ccccc1. The molecule has 1 atom stereocenters. The molecule has 5 aromatic carbocycles. The van der Waals surface area contributed by atoms with E-state index in [1.54, 1.807) is 48.7 Å². The number of rotatable bonds is 11. The van der Waals surface area contributed by atoms with E-state index >= 15 is 0 Å². The first-order valence-corrected chi connectivity index (χ1v) is 16.8. The second kappa shape index (κ2) is 15.7. The number of hydrogen-bond acceptors (Lipinski definition) is 6. The van der Waals surface area contributed by atoms with Gasteiger partial charge in [0.1, 0.15) is 10.9 Å². The van der Waals surface area contributed by atoms with E-state index in [1.165, 1.54) is 23.1 Å². The lowest BCUT2D eigenvalue weighted by molar-refractivity contribution is -0.116. The average Bonchev–Trinajstić information content (AvgIpc) is 3.65. The maximum atomic E-state index is 13.6. The van der Waals surface area contributed by atoms with Crippen LogP contribution in [0, 0.1) is 0 Å². The Morgan fingerprint density at radius 2 is 1.31 bits per heavy atom. The van der Waals surface area contributed by atoms with E-state index in [4.69, 9.17) is 0 Å². The Morgan fingerprint density at radius 3 is 1.96 bits per heavy atom. The molecule has 6 rings (SSSR count). The summed E-state index contributed by atoms with van der Waals surface area (Å²) in [7, 11) is 0. The van der Waals surface area contributed by atoms with Crippen LogP contribution in [0.25, 0.3) is 17.2 Å². The first-order chi connectivity index (χ1) is 23.5. The first-order valence-electron chi connectivity index (χ1n) is 15.1. The zero-order valence-corrected chi connectivity index (χ0v) is 27.2. The van der Waals surface area contributed by atoms with E-state index in [1.807, 2.05) is 109 Å². The molecule has 0 saturated heterocycles. The van der Waals surface area contributed by atoms with Crippen molar-refractivity contribution in [2.75, 3.05) is 10.6 Å². The number of nitrogens with one attached hydrogen (secondary N) is 3. The molecule has 0 saturated carbocycles. The predicted molar refractivity (Wildman–Crippen MR) is 195 cm³/mol. The van der Waals surface area contributed by atoms with Crippen molar-refractivity contribution in [2.24, 2.45) is 0 Å². The van der Waals surface area contributed by atoms with Crippen LogP contribution in [0.5, 0.6) is 0 Å². The lowest BCUT2D eigenvalue weighted by Crippen LogP contribution is -2.30. The van der Waals surface area contributed by atoms with Crippen molar-refractivity contribution < 1.29 is 14.4 Å². The average molecular weight is 667 g/mol. The summed E-state index contributed by atoms with van der Waals surface area (Å²) >= 11 is 2.76. The highest BCUT2D eigenvalue weighted by Crippen LogP contribution is 2.37. The Bertz CT molecular complexity index is 2000. The fourth-order valence-electron chi connectivity index (χ4n) is 4.82. The van der Waals surface area contributed by atoms with Crippen LogP contribution in [-0.2, 0) is 9.59 Å². The molecule has 0 radical (unpaired) electrons. The highest BCUT2D eigenvalue weighted by atomic mass is 32.2. The molecule has 236 valence electrons. The van der Waals surface area contributed by atoms with E-state index in [0.29, 0.717) is 16.4 Å². The van der Waals surface area contributed by atoms with Crippen molar-refractivity contribution in [1.82, 2.24) is 10.3 Å². The zero-order valence-electron chi connectivity index (χ0n) is 25.6. The Labute approximate surface area is 286 Å². The molecule has 0 fully saturated rings. The monoisotopic (exact) mass is 666 g/mol. The van der Waals surface area contributed by atoms with Crippen LogP contribution in [0.15, 0.2) is 162 Å². The molecule has 0 aliphatic heterocycles. The predicted octanol–water partition coefficient (Wildman–Crippen LogP) is 8.69. The third-order valence-electron chi connectivity index (χ3n) is 7.23. The smallest absolute Gasteiger partial charge is 0.272 e. The van der Waals surface area contributed by atoms with Gasteiger partial charge in [0.25, 0.3) is 11.8 Å². The van der Waals surface area contributed by atoms with Crippen molar-refractivity contribution >= 4 is 57.7 Å². The standard InChI is InChI=1S/C39H30N4O3S2/c44-36(31-14-8-3-9-15-31)42-34(26-27-16-18-29(19-17-27)28-10-4-1-5-11-28)37(45)41-32-20-22-33(23-21-32)48-35(30-12-6-2-7-13-30)38(46)43-39-40-24-25-47-39/h1-26,35H,(H,41,45)(H,42,44)(H,40,43,46)/b34-26-. The lowest BCUT2D eigenvalue weighted by Gasteiger charge is -2.16. The highest BCUT2D eigenvalue weighted by Gasteiger charge is 2.23. The van der Waals surface area contributed by atoms with E-state index in [-0.39, 0.29) is 11.6 Å². The van der Waals surface area contributed by atoms with Crippen molar-refractivity contribution in [3.8, 4) is 11.1 Å². The molecule has 6 aromatic rings. The minimum atomic E-state index is -0.522. The first kappa shape index (κ1) is 32.2. The van der Waals surface area contributed by atoms with Crippen LogP contribution >= 0.6 is 23.1 Å². The van der Waals surface area contributed by atoms with Crippen molar-refractivity contribution in [1.29, 1.82) is 0 Å². The number of thiazole rings is 1. The number of anilines is 2. The second-order valence-electron chi connectivity index (χ2n) is 10.6. The van der Waals surface area contributed by atoms with Gasteiger partial charge in [0.2, 0.25) is 5.91 Å². The fourth-order valence-corrected chi connectivity index (χ4v) is 6.38. The van der Waals surface area contributed by atoms with Crippen LogP contribution in [0.3, 0.4) is 0 Å². The molecule has 0 bridgehead atoms. The van der Waals surface area contributed by atoms with Crippen LogP contribution < -0.4 is 16.0 Å². The summed E-state index contributed by atoms with van der Waals surface area (Å²) in [6.45, 7) is 0. The van der Waals surface area contributed by atoms with Gasteiger partial charge in [-0.15, -0.1) is 23.1 Å². The maximum Gasteiger partial charge on any atom is 0.272 e. The molecule has 0 aliphatic rings. The third kappa shape index (κ3) is 8.52. The Hall–Kier alpha value is -5.77. The number of hydrogen-bond donors (Lipinski definition) is 3. The molecule has 48 heavy (non-hydrogen) atoms. The van der Waals surface area contributed by atoms with Crippen molar-refractivity contribution in [3.63, 3.8) is 0 Å². The van der Waals surface area contributed by atoms with Gasteiger partial charge >= 0.3 is 0 Å². The number of carbonyl (C=O) groups is 3. The molecule has 7 nitrogen and oxygen atoms in total. The summed E-state index contributed by atoms with van der Waals surface area (Å²) in [4.78, 5) is 45.0. The molecular weight excluding hydrogens is 637 g/mol. The van der Waals surface area contributed by atoms with Crippen molar-refractivity contribution in [3.05, 3.63) is 173 Å². The number of carbonyl (C=O) groups excluding carboxylic acids is 3. The Kier molecular flexibility index (Phi) is 10.5. The summed E-state index contributed by atoms with van der Waals surface area (Å²) in [5.41, 5.74) is 4.80. The minimum absolute atomic E-state index is 0.0952. The number of nitrogens with zero attached hydrogens (tertiary/aromatic N) is 1. The van der Waals surface area contributed by atoms with Crippen LogP contribution in [-0.4, -0.2) is 22.7 Å². The number of benzene rings is 5. The van der Waals surface area contributed by atoms with Gasteiger partial charge < -0.3 is 16.0 Å². The van der Waals surface area contributed by atoms with Gasteiger partial charge in [-0.3, -0.25) is 14.4 Å². The fraction of sp³-hybridized carbons (Fsp3) is 0.0256. The molecular formula is C39H30N4O3S2. The minimum Gasteiger partial charge on any atom is -0.321 e.